The summed E-state index contributed by atoms with van der Waals surface area (Å²) >= 11 is 12.0. The third-order valence-electron chi connectivity index (χ3n) is 4.16. The molecule has 1 aromatic carbocycles. The number of rotatable bonds is 7. The highest BCUT2D eigenvalue weighted by atomic mass is 35.5. The predicted molar refractivity (Wildman–Crippen MR) is 113 cm³/mol. The zero-order chi connectivity index (χ0) is 23.3. The molecule has 0 bridgehead atoms. The van der Waals surface area contributed by atoms with Gasteiger partial charge < -0.3 is 21.4 Å². The standard InChI is InChI=1S/C19H18Cl2F3N5O2/c1-9-6-10(20)7-11(17(30)26-2)15(9)29-18(31)13(8-14(25)19(22,23)24)28-16-12(21)4-3-5-27-16/h3-7,13,25H,8H2,1-2H3,(H,26,30)(H,27,28)(H,29,31). The Morgan fingerprint density at radius 3 is 2.52 bits per heavy atom. The number of carbonyl (C=O) groups is 2. The molecule has 7 nitrogen and oxygen atoms in total. The number of amides is 2. The number of benzene rings is 1. The third-order valence-corrected chi connectivity index (χ3v) is 4.68. The molecule has 2 rings (SSSR count). The molecule has 0 aliphatic heterocycles. The molecule has 2 amide bonds. The van der Waals surface area contributed by atoms with Crippen LogP contribution in [0, 0.1) is 12.3 Å². The lowest BCUT2D eigenvalue weighted by Gasteiger charge is -2.22. The van der Waals surface area contributed by atoms with Crippen molar-refractivity contribution in [1.82, 2.24) is 10.3 Å². The number of carbonyl (C=O) groups excluding carboxylic acids is 2. The SMILES string of the molecule is CNC(=O)c1cc(Cl)cc(C)c1NC(=O)C(CC(=N)C(F)(F)F)Nc1ncccc1Cl. The number of halogens is 5. The molecular formula is C19H18Cl2F3N5O2. The number of hydrogen-bond acceptors (Lipinski definition) is 5. The minimum absolute atomic E-state index is 0.0290. The van der Waals surface area contributed by atoms with Crippen molar-refractivity contribution in [1.29, 1.82) is 5.41 Å². The Bertz CT molecular complexity index is 1010. The molecule has 2 aromatic rings. The van der Waals surface area contributed by atoms with Gasteiger partial charge in [-0.2, -0.15) is 13.2 Å². The van der Waals surface area contributed by atoms with E-state index in [1.807, 2.05) is 0 Å². The topological polar surface area (TPSA) is 107 Å². The maximum absolute atomic E-state index is 12.9. The molecule has 0 saturated carbocycles. The molecule has 0 aliphatic rings. The van der Waals surface area contributed by atoms with Crippen molar-refractivity contribution in [3.63, 3.8) is 0 Å². The van der Waals surface area contributed by atoms with Gasteiger partial charge in [0.15, 0.2) is 0 Å². The van der Waals surface area contributed by atoms with Crippen LogP contribution in [0.3, 0.4) is 0 Å². The van der Waals surface area contributed by atoms with E-state index in [2.05, 4.69) is 20.9 Å². The van der Waals surface area contributed by atoms with Crippen LogP contribution in [0.5, 0.6) is 0 Å². The van der Waals surface area contributed by atoms with Crippen molar-refractivity contribution >= 4 is 52.2 Å². The number of alkyl halides is 3. The van der Waals surface area contributed by atoms with Crippen LogP contribution in [-0.4, -0.2) is 41.8 Å². The first-order valence-electron chi connectivity index (χ1n) is 8.78. The minimum Gasteiger partial charge on any atom is -0.357 e. The van der Waals surface area contributed by atoms with E-state index in [1.165, 1.54) is 37.5 Å². The monoisotopic (exact) mass is 475 g/mol. The van der Waals surface area contributed by atoms with Gasteiger partial charge in [-0.3, -0.25) is 9.59 Å². The van der Waals surface area contributed by atoms with E-state index < -0.39 is 36.2 Å². The van der Waals surface area contributed by atoms with E-state index in [0.717, 1.165) is 0 Å². The Morgan fingerprint density at radius 1 is 1.26 bits per heavy atom. The summed E-state index contributed by atoms with van der Waals surface area (Å²) in [6, 6.07) is 4.19. The van der Waals surface area contributed by atoms with E-state index in [9.17, 15) is 22.8 Å². The highest BCUT2D eigenvalue weighted by molar-refractivity contribution is 6.33. The molecule has 1 aromatic heterocycles. The second kappa shape index (κ2) is 9.97. The average Bonchev–Trinajstić information content (AvgIpc) is 2.69. The molecule has 0 fully saturated rings. The number of aryl methyl sites for hydroxylation is 1. The van der Waals surface area contributed by atoms with Gasteiger partial charge in [0, 0.05) is 24.7 Å². The van der Waals surface area contributed by atoms with Gasteiger partial charge in [-0.25, -0.2) is 4.98 Å². The molecule has 12 heteroatoms. The quantitative estimate of drug-likeness (QED) is 0.443. The summed E-state index contributed by atoms with van der Waals surface area (Å²) in [7, 11) is 1.38. The highest BCUT2D eigenvalue weighted by Crippen LogP contribution is 2.27. The molecule has 166 valence electrons. The van der Waals surface area contributed by atoms with Gasteiger partial charge in [0.05, 0.1) is 16.3 Å². The minimum atomic E-state index is -4.92. The van der Waals surface area contributed by atoms with Crippen LogP contribution in [0.15, 0.2) is 30.5 Å². The molecule has 31 heavy (non-hydrogen) atoms. The number of nitrogens with one attached hydrogen (secondary N) is 4. The lowest BCUT2D eigenvalue weighted by molar-refractivity contribution is -0.116. The fraction of sp³-hybridized carbons (Fsp3) is 0.263. The van der Waals surface area contributed by atoms with Gasteiger partial charge in [-0.15, -0.1) is 0 Å². The van der Waals surface area contributed by atoms with Gasteiger partial charge in [-0.05, 0) is 36.8 Å². The van der Waals surface area contributed by atoms with Gasteiger partial charge >= 0.3 is 6.18 Å². The van der Waals surface area contributed by atoms with E-state index in [4.69, 9.17) is 28.6 Å². The largest absolute Gasteiger partial charge is 0.428 e. The summed E-state index contributed by atoms with van der Waals surface area (Å²) in [5.74, 6) is -1.51. The van der Waals surface area contributed by atoms with Crippen LogP contribution in [0.1, 0.15) is 22.3 Å². The van der Waals surface area contributed by atoms with Crippen molar-refractivity contribution in [2.45, 2.75) is 25.6 Å². The Labute approximate surface area is 185 Å². The van der Waals surface area contributed by atoms with Crippen LogP contribution < -0.4 is 16.0 Å². The summed E-state index contributed by atoms with van der Waals surface area (Å²) in [4.78, 5) is 29.0. The predicted octanol–water partition coefficient (Wildman–Crippen LogP) is 4.45. The first kappa shape index (κ1) is 24.4. The van der Waals surface area contributed by atoms with Gasteiger partial charge in [0.2, 0.25) is 5.91 Å². The second-order valence-electron chi connectivity index (χ2n) is 6.42. The smallest absolute Gasteiger partial charge is 0.357 e. The van der Waals surface area contributed by atoms with Crippen LogP contribution in [0.25, 0.3) is 0 Å². The maximum atomic E-state index is 12.9. The lowest BCUT2D eigenvalue weighted by Crippen LogP contribution is -2.40. The first-order chi connectivity index (χ1) is 14.4. The number of hydrogen-bond donors (Lipinski definition) is 4. The van der Waals surface area contributed by atoms with Crippen LogP contribution in [0.4, 0.5) is 24.7 Å². The van der Waals surface area contributed by atoms with E-state index in [-0.39, 0.29) is 27.1 Å². The van der Waals surface area contributed by atoms with Gasteiger partial charge in [-0.1, -0.05) is 23.2 Å². The van der Waals surface area contributed by atoms with E-state index in [0.29, 0.717) is 5.56 Å². The van der Waals surface area contributed by atoms with Crippen LogP contribution in [-0.2, 0) is 4.79 Å². The summed E-state index contributed by atoms with van der Waals surface area (Å²) < 4.78 is 38.8. The van der Waals surface area contributed by atoms with E-state index >= 15 is 0 Å². The fourth-order valence-electron chi connectivity index (χ4n) is 2.62. The molecule has 0 aliphatic carbocycles. The summed E-state index contributed by atoms with van der Waals surface area (Å²) in [5, 5.41) is 15.0. The Balaban J connectivity index is 2.40. The number of aromatic nitrogens is 1. The van der Waals surface area contributed by atoms with Crippen molar-refractivity contribution in [3.8, 4) is 0 Å². The average molecular weight is 476 g/mol. The van der Waals surface area contributed by atoms with Gasteiger partial charge in [0.25, 0.3) is 5.91 Å². The zero-order valence-electron chi connectivity index (χ0n) is 16.3. The Hall–Kier alpha value is -2.85. The number of anilines is 2. The molecular weight excluding hydrogens is 458 g/mol. The summed E-state index contributed by atoms with van der Waals surface area (Å²) in [6.07, 6.45) is -4.58. The lowest BCUT2D eigenvalue weighted by atomic mass is 10.0. The molecule has 0 saturated heterocycles. The van der Waals surface area contributed by atoms with Crippen molar-refractivity contribution in [3.05, 3.63) is 51.6 Å². The van der Waals surface area contributed by atoms with Crippen LogP contribution in [0.2, 0.25) is 10.0 Å². The molecule has 1 atom stereocenters. The summed E-state index contributed by atoms with van der Waals surface area (Å²) in [6.45, 7) is 1.57. The summed E-state index contributed by atoms with van der Waals surface area (Å²) in [5.41, 5.74) is -1.10. The first-order valence-corrected chi connectivity index (χ1v) is 9.54. The molecule has 0 radical (unpaired) electrons. The van der Waals surface area contributed by atoms with Crippen molar-refractivity contribution < 1.29 is 22.8 Å². The highest BCUT2D eigenvalue weighted by Gasteiger charge is 2.37. The normalized spacial score (nSPS) is 12.1. The van der Waals surface area contributed by atoms with Gasteiger partial charge in [0.1, 0.15) is 17.6 Å². The molecule has 4 N–H and O–H groups in total. The van der Waals surface area contributed by atoms with E-state index in [1.54, 1.807) is 6.92 Å². The Morgan fingerprint density at radius 2 is 1.94 bits per heavy atom. The molecule has 0 spiro atoms. The Kier molecular flexibility index (Phi) is 7.85. The number of pyridine rings is 1. The third kappa shape index (κ3) is 6.31. The van der Waals surface area contributed by atoms with Crippen molar-refractivity contribution in [2.75, 3.05) is 17.7 Å². The number of nitrogens with zero attached hydrogens (tertiary/aromatic N) is 1. The van der Waals surface area contributed by atoms with Crippen molar-refractivity contribution in [2.24, 2.45) is 0 Å². The fourth-order valence-corrected chi connectivity index (χ4v) is 3.07. The molecule has 1 unspecified atom stereocenters. The zero-order valence-corrected chi connectivity index (χ0v) is 17.8. The maximum Gasteiger partial charge on any atom is 0.428 e. The van der Waals surface area contributed by atoms with Crippen LogP contribution >= 0.6 is 23.2 Å². The molecule has 1 heterocycles. The second-order valence-corrected chi connectivity index (χ2v) is 7.27.